The van der Waals surface area contributed by atoms with Crippen molar-refractivity contribution in [3.8, 4) is 0 Å². The number of carbonyl (C=O) groups excluding carboxylic acids is 1. The number of benzene rings is 2. The molecule has 2 aromatic carbocycles. The van der Waals surface area contributed by atoms with Crippen molar-refractivity contribution in [3.63, 3.8) is 0 Å². The Hall–Kier alpha value is -1.74. The zero-order valence-corrected chi connectivity index (χ0v) is 13.6. The molecule has 21 heavy (non-hydrogen) atoms. The molecule has 110 valence electrons. The standard InChI is InChI=1S/C18H21NOS/c1-13-8-9-17(10-15(13)3)19-18(20)12-21-11-16-7-5-4-6-14(16)2/h4-10H,11-12H2,1-3H3,(H,19,20). The Kier molecular flexibility index (Phi) is 5.45. The Labute approximate surface area is 131 Å². The van der Waals surface area contributed by atoms with Crippen molar-refractivity contribution in [2.24, 2.45) is 0 Å². The summed E-state index contributed by atoms with van der Waals surface area (Å²) in [5.74, 6) is 1.39. The summed E-state index contributed by atoms with van der Waals surface area (Å²) in [7, 11) is 0. The lowest BCUT2D eigenvalue weighted by Gasteiger charge is -2.08. The Morgan fingerprint density at radius 2 is 1.76 bits per heavy atom. The molecule has 0 aromatic heterocycles. The van der Waals surface area contributed by atoms with Crippen LogP contribution in [-0.2, 0) is 10.5 Å². The van der Waals surface area contributed by atoms with Crippen LogP contribution < -0.4 is 5.32 Å². The zero-order chi connectivity index (χ0) is 15.2. The summed E-state index contributed by atoms with van der Waals surface area (Å²) in [6, 6.07) is 14.3. The van der Waals surface area contributed by atoms with E-state index in [4.69, 9.17) is 0 Å². The van der Waals surface area contributed by atoms with Crippen molar-refractivity contribution in [2.75, 3.05) is 11.1 Å². The predicted octanol–water partition coefficient (Wildman–Crippen LogP) is 4.48. The number of rotatable bonds is 5. The summed E-state index contributed by atoms with van der Waals surface area (Å²) in [5.41, 5.74) is 5.88. The van der Waals surface area contributed by atoms with Crippen molar-refractivity contribution >= 4 is 23.4 Å². The molecule has 0 aliphatic heterocycles. The third kappa shape index (κ3) is 4.64. The van der Waals surface area contributed by atoms with E-state index >= 15 is 0 Å². The summed E-state index contributed by atoms with van der Waals surface area (Å²) < 4.78 is 0. The molecule has 1 N–H and O–H groups in total. The predicted molar refractivity (Wildman–Crippen MR) is 91.9 cm³/mol. The van der Waals surface area contributed by atoms with Crippen LogP contribution in [-0.4, -0.2) is 11.7 Å². The maximum atomic E-state index is 12.0. The van der Waals surface area contributed by atoms with Crippen molar-refractivity contribution in [2.45, 2.75) is 26.5 Å². The Morgan fingerprint density at radius 1 is 1.00 bits per heavy atom. The van der Waals surface area contributed by atoms with Gasteiger partial charge in [-0.1, -0.05) is 30.3 Å². The first-order chi connectivity index (χ1) is 10.1. The Bertz CT molecular complexity index is 637. The van der Waals surface area contributed by atoms with Crippen LogP contribution in [0.25, 0.3) is 0 Å². The number of aryl methyl sites for hydroxylation is 3. The van der Waals surface area contributed by atoms with Gasteiger partial charge in [0.2, 0.25) is 5.91 Å². The molecule has 0 aliphatic carbocycles. The molecule has 0 saturated carbocycles. The zero-order valence-electron chi connectivity index (χ0n) is 12.8. The molecular weight excluding hydrogens is 278 g/mol. The van der Waals surface area contributed by atoms with Crippen molar-refractivity contribution in [1.82, 2.24) is 0 Å². The van der Waals surface area contributed by atoms with Gasteiger partial charge in [-0.05, 0) is 55.2 Å². The average molecular weight is 299 g/mol. The molecule has 0 spiro atoms. The summed E-state index contributed by atoms with van der Waals surface area (Å²) in [6.07, 6.45) is 0. The van der Waals surface area contributed by atoms with Gasteiger partial charge in [-0.3, -0.25) is 4.79 Å². The van der Waals surface area contributed by atoms with Crippen LogP contribution >= 0.6 is 11.8 Å². The normalized spacial score (nSPS) is 10.4. The molecule has 0 heterocycles. The lowest BCUT2D eigenvalue weighted by Crippen LogP contribution is -2.14. The number of anilines is 1. The minimum atomic E-state index is 0.0526. The van der Waals surface area contributed by atoms with Crippen LogP contribution in [0.4, 0.5) is 5.69 Å². The van der Waals surface area contributed by atoms with Gasteiger partial charge in [-0.25, -0.2) is 0 Å². The smallest absolute Gasteiger partial charge is 0.234 e. The van der Waals surface area contributed by atoms with Gasteiger partial charge in [-0.2, -0.15) is 0 Å². The number of thioether (sulfide) groups is 1. The van der Waals surface area contributed by atoms with Crippen LogP contribution in [0.3, 0.4) is 0 Å². The summed E-state index contributed by atoms with van der Waals surface area (Å²) in [4.78, 5) is 12.0. The topological polar surface area (TPSA) is 29.1 Å². The highest BCUT2D eigenvalue weighted by molar-refractivity contribution is 7.99. The van der Waals surface area contributed by atoms with Crippen LogP contribution in [0.15, 0.2) is 42.5 Å². The molecule has 2 nitrogen and oxygen atoms in total. The van der Waals surface area contributed by atoms with E-state index in [1.807, 2.05) is 30.3 Å². The molecule has 2 rings (SSSR count). The van der Waals surface area contributed by atoms with E-state index in [0.717, 1.165) is 11.4 Å². The van der Waals surface area contributed by atoms with E-state index in [-0.39, 0.29) is 5.91 Å². The molecule has 0 unspecified atom stereocenters. The van der Waals surface area contributed by atoms with Gasteiger partial charge in [0, 0.05) is 11.4 Å². The fraction of sp³-hybridized carbons (Fsp3) is 0.278. The number of hydrogen-bond acceptors (Lipinski definition) is 2. The Morgan fingerprint density at radius 3 is 2.48 bits per heavy atom. The van der Waals surface area contributed by atoms with Gasteiger partial charge >= 0.3 is 0 Å². The highest BCUT2D eigenvalue weighted by Crippen LogP contribution is 2.17. The molecule has 0 bridgehead atoms. The second-order valence-corrected chi connectivity index (χ2v) is 6.25. The van der Waals surface area contributed by atoms with E-state index in [9.17, 15) is 4.79 Å². The van der Waals surface area contributed by atoms with E-state index in [2.05, 4.69) is 38.2 Å². The van der Waals surface area contributed by atoms with Gasteiger partial charge in [0.05, 0.1) is 5.75 Å². The van der Waals surface area contributed by atoms with Gasteiger partial charge in [0.1, 0.15) is 0 Å². The highest BCUT2D eigenvalue weighted by atomic mass is 32.2. The van der Waals surface area contributed by atoms with Crippen LogP contribution in [0.5, 0.6) is 0 Å². The Balaban J connectivity index is 1.82. The van der Waals surface area contributed by atoms with E-state index in [1.54, 1.807) is 11.8 Å². The van der Waals surface area contributed by atoms with Crippen LogP contribution in [0, 0.1) is 20.8 Å². The van der Waals surface area contributed by atoms with Crippen molar-refractivity contribution in [3.05, 3.63) is 64.7 Å². The number of nitrogens with one attached hydrogen (secondary N) is 1. The maximum absolute atomic E-state index is 12.0. The fourth-order valence-corrected chi connectivity index (χ4v) is 2.95. The van der Waals surface area contributed by atoms with Gasteiger partial charge in [0.15, 0.2) is 0 Å². The summed E-state index contributed by atoms with van der Waals surface area (Å²) in [5, 5.41) is 2.95. The SMILES string of the molecule is Cc1ccc(NC(=O)CSCc2ccccc2C)cc1C. The lowest BCUT2D eigenvalue weighted by molar-refractivity contribution is -0.113. The first-order valence-electron chi connectivity index (χ1n) is 7.05. The maximum Gasteiger partial charge on any atom is 0.234 e. The average Bonchev–Trinajstić information content (AvgIpc) is 2.45. The van der Waals surface area contributed by atoms with Gasteiger partial charge in [0.25, 0.3) is 0 Å². The monoisotopic (exact) mass is 299 g/mol. The number of amides is 1. The largest absolute Gasteiger partial charge is 0.325 e. The second-order valence-electron chi connectivity index (χ2n) is 5.27. The van der Waals surface area contributed by atoms with E-state index in [0.29, 0.717) is 5.75 Å². The van der Waals surface area contributed by atoms with Crippen molar-refractivity contribution in [1.29, 1.82) is 0 Å². The quantitative estimate of drug-likeness (QED) is 0.881. The first-order valence-corrected chi connectivity index (χ1v) is 8.21. The highest BCUT2D eigenvalue weighted by Gasteiger charge is 2.05. The number of carbonyl (C=O) groups is 1. The van der Waals surface area contributed by atoms with Gasteiger partial charge < -0.3 is 5.32 Å². The number of hydrogen-bond donors (Lipinski definition) is 1. The fourth-order valence-electron chi connectivity index (χ4n) is 2.04. The minimum Gasteiger partial charge on any atom is -0.325 e. The lowest BCUT2D eigenvalue weighted by atomic mass is 10.1. The van der Waals surface area contributed by atoms with Crippen molar-refractivity contribution < 1.29 is 4.79 Å². The molecule has 3 heteroatoms. The van der Waals surface area contributed by atoms with Crippen LogP contribution in [0.1, 0.15) is 22.3 Å². The molecule has 1 amide bonds. The summed E-state index contributed by atoms with van der Waals surface area (Å²) >= 11 is 1.64. The molecule has 0 aliphatic rings. The van der Waals surface area contributed by atoms with E-state index in [1.165, 1.54) is 22.3 Å². The molecule has 0 fully saturated rings. The molecule has 2 aromatic rings. The third-order valence-electron chi connectivity index (χ3n) is 3.54. The van der Waals surface area contributed by atoms with E-state index < -0.39 is 0 Å². The van der Waals surface area contributed by atoms with Crippen LogP contribution in [0.2, 0.25) is 0 Å². The third-order valence-corrected chi connectivity index (χ3v) is 4.52. The minimum absolute atomic E-state index is 0.0526. The van der Waals surface area contributed by atoms with Gasteiger partial charge in [-0.15, -0.1) is 11.8 Å². The molecular formula is C18H21NOS. The molecule has 0 radical (unpaired) electrons. The molecule has 0 atom stereocenters. The summed E-state index contributed by atoms with van der Waals surface area (Å²) in [6.45, 7) is 6.22. The second kappa shape index (κ2) is 7.32. The molecule has 0 saturated heterocycles. The first kappa shape index (κ1) is 15.6.